The maximum absolute atomic E-state index is 14.3. The van der Waals surface area contributed by atoms with Crippen molar-refractivity contribution in [2.24, 2.45) is 0 Å². The highest BCUT2D eigenvalue weighted by Gasteiger charge is 2.35. The van der Waals surface area contributed by atoms with Crippen LogP contribution < -0.4 is 5.56 Å². The molecule has 11 nitrogen and oxygen atoms in total. The fraction of sp³-hybridized carbons (Fsp3) is 0.571. The van der Waals surface area contributed by atoms with Crippen molar-refractivity contribution in [1.82, 2.24) is 29.5 Å². The van der Waals surface area contributed by atoms with Gasteiger partial charge in [0.15, 0.2) is 6.10 Å². The lowest BCUT2D eigenvalue weighted by atomic mass is 9.89. The number of nitrogens with one attached hydrogen (secondary N) is 1. The lowest BCUT2D eigenvalue weighted by molar-refractivity contribution is -0.142. The highest BCUT2D eigenvalue weighted by atomic mass is 28.3. The van der Waals surface area contributed by atoms with Gasteiger partial charge in [0, 0.05) is 76.0 Å². The first kappa shape index (κ1) is 38.3. The minimum atomic E-state index is -1.18. The van der Waals surface area contributed by atoms with Gasteiger partial charge in [0.05, 0.1) is 5.52 Å². The third kappa shape index (κ3) is 9.26. The summed E-state index contributed by atoms with van der Waals surface area (Å²) in [5.41, 5.74) is 4.35. The van der Waals surface area contributed by atoms with E-state index in [9.17, 15) is 14.4 Å². The van der Waals surface area contributed by atoms with Crippen molar-refractivity contribution in [3.63, 3.8) is 0 Å². The number of ether oxygens (including phenoxy) is 2. The molecule has 3 saturated heterocycles. The van der Waals surface area contributed by atoms with Crippen molar-refractivity contribution in [3.05, 3.63) is 75.7 Å². The number of fused-ring (bicyclic) bond motifs is 2. The SMILES string of the molecule is Cc1cc(CC(OC(=O)N2CCC(c3cc4ccccc4[nH]c3=O)CC2)C(=O)N2CCC(N3CCCCC3)CC2)cc2cn(COCC[Si](C)(C)C)nc12. The fourth-order valence-corrected chi connectivity index (χ4v) is 9.28. The Bertz CT molecular complexity index is 1980. The Kier molecular flexibility index (Phi) is 11.9. The third-order valence-electron chi connectivity index (χ3n) is 11.7. The van der Waals surface area contributed by atoms with Crippen LogP contribution in [0.5, 0.6) is 0 Å². The summed E-state index contributed by atoms with van der Waals surface area (Å²) < 4.78 is 14.0. The number of pyridine rings is 1. The number of hydrogen-bond acceptors (Lipinski definition) is 7. The van der Waals surface area contributed by atoms with Crippen molar-refractivity contribution >= 4 is 41.9 Å². The number of aromatic nitrogens is 3. The zero-order valence-corrected chi connectivity index (χ0v) is 33.6. The lowest BCUT2D eigenvalue weighted by Crippen LogP contribution is -2.52. The summed E-state index contributed by atoms with van der Waals surface area (Å²) in [4.78, 5) is 50.4. The van der Waals surface area contributed by atoms with E-state index in [-0.39, 0.29) is 23.8 Å². The molecular formula is C42H58N6O5Si. The van der Waals surface area contributed by atoms with Gasteiger partial charge < -0.3 is 29.2 Å². The molecule has 0 aliphatic carbocycles. The van der Waals surface area contributed by atoms with Crippen molar-refractivity contribution in [1.29, 1.82) is 0 Å². The molecule has 3 aliphatic rings. The molecule has 12 heteroatoms. The van der Waals surface area contributed by atoms with Crippen LogP contribution in [-0.2, 0) is 27.4 Å². The summed E-state index contributed by atoms with van der Waals surface area (Å²) in [7, 11) is -1.18. The molecule has 3 fully saturated rings. The third-order valence-corrected chi connectivity index (χ3v) is 13.4. The number of nitrogens with zero attached hydrogens (tertiary/aromatic N) is 5. The summed E-state index contributed by atoms with van der Waals surface area (Å²) in [6, 6.07) is 15.5. The summed E-state index contributed by atoms with van der Waals surface area (Å²) >= 11 is 0. The summed E-state index contributed by atoms with van der Waals surface area (Å²) in [6.07, 6.45) is 7.87. The normalized spacial score (nSPS) is 18.7. The molecule has 0 bridgehead atoms. The van der Waals surface area contributed by atoms with Gasteiger partial charge in [-0.15, -0.1) is 0 Å². The highest BCUT2D eigenvalue weighted by Crippen LogP contribution is 2.29. The molecule has 7 rings (SSSR count). The van der Waals surface area contributed by atoms with Crippen LogP contribution in [0.15, 0.2) is 53.5 Å². The van der Waals surface area contributed by atoms with Crippen LogP contribution in [-0.4, -0.2) is 108 Å². The molecule has 1 unspecified atom stereocenters. The Balaban J connectivity index is 1.04. The molecule has 1 N–H and O–H groups in total. The Morgan fingerprint density at radius 1 is 0.907 bits per heavy atom. The first-order chi connectivity index (χ1) is 26.0. The standard InChI is InChI=1S/C42H58N6O5Si/c1-30-24-31(25-34-28-48(44-39(30)34)29-52-22-23-54(2,3)4)26-38(41(50)46-20-14-35(15-21-46)45-16-8-5-9-17-45)53-42(51)47-18-12-32(13-19-47)36-27-33-10-6-7-11-37(33)43-40(36)49/h6-7,10-11,24-25,27-28,32,35,38H,5,8-9,12-23,26,29H2,1-4H3,(H,43,49). The molecule has 54 heavy (non-hydrogen) atoms. The van der Waals surface area contributed by atoms with E-state index < -0.39 is 20.3 Å². The first-order valence-electron chi connectivity index (χ1n) is 20.2. The number of carbonyl (C=O) groups is 2. The van der Waals surface area contributed by atoms with Gasteiger partial charge in [-0.3, -0.25) is 9.59 Å². The van der Waals surface area contributed by atoms with E-state index in [1.54, 1.807) is 4.90 Å². The van der Waals surface area contributed by atoms with Crippen LogP contribution >= 0.6 is 0 Å². The fourth-order valence-electron chi connectivity index (χ4n) is 8.53. The van der Waals surface area contributed by atoms with Crippen LogP contribution in [0.25, 0.3) is 21.8 Å². The van der Waals surface area contributed by atoms with E-state index in [0.717, 1.165) is 77.1 Å². The maximum Gasteiger partial charge on any atom is 0.410 e. The topological polar surface area (TPSA) is 113 Å². The van der Waals surface area contributed by atoms with Crippen molar-refractivity contribution in [2.45, 2.75) is 109 Å². The van der Waals surface area contributed by atoms with Crippen LogP contribution in [0.2, 0.25) is 25.7 Å². The number of carbonyl (C=O) groups excluding carboxylic acids is 2. The van der Waals surface area contributed by atoms with E-state index in [2.05, 4.69) is 41.7 Å². The van der Waals surface area contributed by atoms with E-state index in [4.69, 9.17) is 14.6 Å². The monoisotopic (exact) mass is 754 g/mol. The van der Waals surface area contributed by atoms with Crippen molar-refractivity contribution < 1.29 is 19.1 Å². The van der Waals surface area contributed by atoms with Crippen molar-refractivity contribution in [3.8, 4) is 0 Å². The molecule has 0 radical (unpaired) electrons. The predicted molar refractivity (Wildman–Crippen MR) is 216 cm³/mol. The Hall–Kier alpha value is -4.00. The highest BCUT2D eigenvalue weighted by molar-refractivity contribution is 6.76. The smallest absolute Gasteiger partial charge is 0.410 e. The van der Waals surface area contributed by atoms with Crippen LogP contribution in [0.1, 0.15) is 67.6 Å². The quantitative estimate of drug-likeness (QED) is 0.131. The summed E-state index contributed by atoms with van der Waals surface area (Å²) in [5, 5.41) is 6.77. The second kappa shape index (κ2) is 16.8. The van der Waals surface area contributed by atoms with E-state index >= 15 is 0 Å². The van der Waals surface area contributed by atoms with E-state index in [1.807, 2.05) is 53.0 Å². The number of amides is 2. The number of aryl methyl sites for hydroxylation is 1. The number of H-pyrrole nitrogens is 1. The zero-order valence-electron chi connectivity index (χ0n) is 32.6. The second-order valence-corrected chi connectivity index (χ2v) is 22.6. The maximum atomic E-state index is 14.3. The Morgan fingerprint density at radius 3 is 2.37 bits per heavy atom. The van der Waals surface area contributed by atoms with E-state index in [0.29, 0.717) is 51.8 Å². The Labute approximate surface area is 320 Å². The molecular weight excluding hydrogens is 697 g/mol. The molecule has 1 atom stereocenters. The van der Waals surface area contributed by atoms with Gasteiger partial charge in [0.2, 0.25) is 0 Å². The largest absolute Gasteiger partial charge is 0.436 e. The van der Waals surface area contributed by atoms with Crippen LogP contribution in [0.4, 0.5) is 4.79 Å². The predicted octanol–water partition coefficient (Wildman–Crippen LogP) is 6.90. The molecule has 0 saturated carbocycles. The number of piperidine rings is 3. The number of para-hydroxylation sites is 1. The average Bonchev–Trinajstić information content (AvgIpc) is 3.59. The number of likely N-dealkylation sites (tertiary alicyclic amines) is 3. The molecule has 3 aliphatic heterocycles. The van der Waals surface area contributed by atoms with Gasteiger partial charge in [0.1, 0.15) is 6.73 Å². The number of aromatic amines is 1. The van der Waals surface area contributed by atoms with Gasteiger partial charge >= 0.3 is 6.09 Å². The first-order valence-corrected chi connectivity index (χ1v) is 23.9. The number of hydrogen-bond donors (Lipinski definition) is 1. The van der Waals surface area contributed by atoms with E-state index in [1.165, 1.54) is 19.3 Å². The van der Waals surface area contributed by atoms with Crippen molar-refractivity contribution in [2.75, 3.05) is 45.9 Å². The minimum absolute atomic E-state index is 0.0439. The molecule has 2 aromatic heterocycles. The minimum Gasteiger partial charge on any atom is -0.436 e. The zero-order chi connectivity index (χ0) is 37.8. The summed E-state index contributed by atoms with van der Waals surface area (Å²) in [5.74, 6) is -0.0790. The lowest BCUT2D eigenvalue weighted by Gasteiger charge is -2.41. The van der Waals surface area contributed by atoms with Crippen LogP contribution in [0.3, 0.4) is 0 Å². The van der Waals surface area contributed by atoms with Gasteiger partial charge in [-0.05, 0) is 105 Å². The number of rotatable bonds is 11. The molecule has 4 aromatic rings. The second-order valence-electron chi connectivity index (χ2n) is 17.0. The molecule has 5 heterocycles. The number of benzene rings is 2. The molecule has 2 amide bonds. The van der Waals surface area contributed by atoms with Crippen LogP contribution in [0, 0.1) is 6.92 Å². The van der Waals surface area contributed by atoms with Gasteiger partial charge in [0.25, 0.3) is 11.5 Å². The molecule has 290 valence electrons. The van der Waals surface area contributed by atoms with Gasteiger partial charge in [-0.1, -0.05) is 50.3 Å². The molecule has 2 aromatic carbocycles. The average molecular weight is 755 g/mol. The van der Waals surface area contributed by atoms with Gasteiger partial charge in [-0.2, -0.15) is 5.10 Å². The molecule has 0 spiro atoms. The van der Waals surface area contributed by atoms with Gasteiger partial charge in [-0.25, -0.2) is 9.48 Å². The Morgan fingerprint density at radius 2 is 1.63 bits per heavy atom. The summed E-state index contributed by atoms with van der Waals surface area (Å²) in [6.45, 7) is 14.7.